The minimum absolute atomic E-state index is 0.267. The third kappa shape index (κ3) is 5.41. The number of anilines is 1. The number of tetrazole rings is 1. The van der Waals surface area contributed by atoms with Crippen molar-refractivity contribution in [2.24, 2.45) is 7.05 Å². The van der Waals surface area contributed by atoms with Gasteiger partial charge in [0.15, 0.2) is 5.82 Å². The maximum Gasteiger partial charge on any atom is 0.251 e. The number of carbonyl (C=O) groups is 2. The summed E-state index contributed by atoms with van der Waals surface area (Å²) in [6.45, 7) is 0. The van der Waals surface area contributed by atoms with Crippen LogP contribution in [-0.2, 0) is 11.8 Å². The summed E-state index contributed by atoms with van der Waals surface area (Å²) in [6, 6.07) is 15.5. The monoisotopic (exact) mass is 410 g/mol. The van der Waals surface area contributed by atoms with Crippen LogP contribution in [0.3, 0.4) is 0 Å². The van der Waals surface area contributed by atoms with Gasteiger partial charge in [0.05, 0.1) is 0 Å². The summed E-state index contributed by atoms with van der Waals surface area (Å²) in [5.74, 6) is 0.803. The fraction of sp³-hybridized carbons (Fsp3) is 0.250. The number of carbonyl (C=O) groups excluding carboxylic acids is 2. The van der Waals surface area contributed by atoms with Crippen LogP contribution in [0.4, 0.5) is 5.69 Å². The molecule has 0 aliphatic rings. The summed E-state index contributed by atoms with van der Waals surface area (Å²) in [5.41, 5.74) is 1.91. The first-order valence-corrected chi connectivity index (χ1v) is 10.5. The molecule has 0 bridgehead atoms. The Bertz CT molecular complexity index is 976. The topological polar surface area (TPSA) is 102 Å². The van der Waals surface area contributed by atoms with Gasteiger partial charge >= 0.3 is 0 Å². The molecule has 1 atom stereocenters. The maximum atomic E-state index is 12.9. The zero-order valence-electron chi connectivity index (χ0n) is 16.2. The van der Waals surface area contributed by atoms with E-state index in [4.69, 9.17) is 0 Å². The van der Waals surface area contributed by atoms with Crippen molar-refractivity contribution in [3.05, 3.63) is 60.2 Å². The fourth-order valence-corrected chi connectivity index (χ4v) is 3.25. The molecule has 9 heteroatoms. The number of hydrogen-bond donors (Lipinski definition) is 2. The summed E-state index contributed by atoms with van der Waals surface area (Å²) in [4.78, 5) is 25.4. The van der Waals surface area contributed by atoms with Gasteiger partial charge in [0.1, 0.15) is 6.04 Å². The summed E-state index contributed by atoms with van der Waals surface area (Å²) >= 11 is 1.62. The van der Waals surface area contributed by atoms with Crippen molar-refractivity contribution in [2.45, 2.75) is 12.5 Å². The zero-order chi connectivity index (χ0) is 20.6. The van der Waals surface area contributed by atoms with Gasteiger partial charge in [-0.15, -0.1) is 5.10 Å². The quantitative estimate of drug-likeness (QED) is 0.591. The van der Waals surface area contributed by atoms with Gasteiger partial charge in [-0.1, -0.05) is 30.3 Å². The lowest BCUT2D eigenvalue weighted by molar-refractivity contribution is -0.118. The first-order chi connectivity index (χ1) is 14.1. The van der Waals surface area contributed by atoms with E-state index >= 15 is 0 Å². The zero-order valence-corrected chi connectivity index (χ0v) is 17.0. The highest BCUT2D eigenvalue weighted by molar-refractivity contribution is 7.98. The molecule has 2 N–H and O–H groups in total. The van der Waals surface area contributed by atoms with Gasteiger partial charge in [-0.3, -0.25) is 9.59 Å². The summed E-state index contributed by atoms with van der Waals surface area (Å²) in [6.07, 6.45) is 2.49. The van der Waals surface area contributed by atoms with Crippen LogP contribution >= 0.6 is 11.8 Å². The van der Waals surface area contributed by atoms with Crippen molar-refractivity contribution < 1.29 is 9.59 Å². The number of aromatic nitrogens is 4. The summed E-state index contributed by atoms with van der Waals surface area (Å²) in [5, 5.41) is 17.2. The van der Waals surface area contributed by atoms with Crippen molar-refractivity contribution in [3.63, 3.8) is 0 Å². The van der Waals surface area contributed by atoms with Gasteiger partial charge in [0.25, 0.3) is 5.91 Å². The normalized spacial score (nSPS) is 11.7. The first kappa shape index (κ1) is 20.5. The third-order valence-electron chi connectivity index (χ3n) is 4.28. The van der Waals surface area contributed by atoms with E-state index < -0.39 is 6.04 Å². The largest absolute Gasteiger partial charge is 0.340 e. The van der Waals surface area contributed by atoms with E-state index in [9.17, 15) is 9.59 Å². The number of nitrogens with one attached hydrogen (secondary N) is 2. The van der Waals surface area contributed by atoms with Crippen LogP contribution < -0.4 is 10.6 Å². The summed E-state index contributed by atoms with van der Waals surface area (Å²) < 4.78 is 1.56. The highest BCUT2D eigenvalue weighted by atomic mass is 32.2. The Morgan fingerprint density at radius 3 is 2.62 bits per heavy atom. The molecule has 3 rings (SSSR count). The van der Waals surface area contributed by atoms with Crippen LogP contribution in [0, 0.1) is 0 Å². The Kier molecular flexibility index (Phi) is 6.96. The Labute approximate surface area is 173 Å². The number of nitrogens with zero attached hydrogens (tertiary/aromatic N) is 4. The summed E-state index contributed by atoms with van der Waals surface area (Å²) in [7, 11) is 1.75. The molecule has 150 valence electrons. The molecule has 2 amide bonds. The second-order valence-electron chi connectivity index (χ2n) is 6.37. The van der Waals surface area contributed by atoms with Crippen molar-refractivity contribution in [3.8, 4) is 11.4 Å². The molecule has 1 aromatic heterocycles. The van der Waals surface area contributed by atoms with E-state index in [2.05, 4.69) is 26.2 Å². The minimum Gasteiger partial charge on any atom is -0.340 e. The standard InChI is InChI=1S/C20H22N6O2S/c1-26-18(23-24-25-26)15-9-6-10-16(13-15)21-20(28)17(11-12-29-2)22-19(27)14-7-4-3-5-8-14/h3-10,13,17H,11-12H2,1-2H3,(H,21,28)(H,22,27). The Balaban J connectivity index is 1.73. The minimum atomic E-state index is -0.643. The lowest BCUT2D eigenvalue weighted by Gasteiger charge is -2.18. The van der Waals surface area contributed by atoms with Crippen molar-refractivity contribution in [2.75, 3.05) is 17.3 Å². The third-order valence-corrected chi connectivity index (χ3v) is 4.92. The van der Waals surface area contributed by atoms with Gasteiger partial charge in [-0.25, -0.2) is 4.68 Å². The molecule has 0 aliphatic carbocycles. The van der Waals surface area contributed by atoms with Gasteiger partial charge in [-0.05, 0) is 53.1 Å². The van der Waals surface area contributed by atoms with E-state index in [1.54, 1.807) is 59.9 Å². The lowest BCUT2D eigenvalue weighted by Crippen LogP contribution is -2.44. The molecule has 29 heavy (non-hydrogen) atoms. The van der Waals surface area contributed by atoms with E-state index in [0.717, 1.165) is 11.3 Å². The molecule has 0 saturated heterocycles. The number of benzene rings is 2. The number of aryl methyl sites for hydroxylation is 1. The second-order valence-corrected chi connectivity index (χ2v) is 7.36. The molecular formula is C20H22N6O2S. The Morgan fingerprint density at radius 2 is 1.93 bits per heavy atom. The second kappa shape index (κ2) is 9.83. The van der Waals surface area contributed by atoms with Crippen molar-refractivity contribution in [1.82, 2.24) is 25.5 Å². The van der Waals surface area contributed by atoms with Gasteiger partial charge < -0.3 is 10.6 Å². The van der Waals surface area contributed by atoms with Crippen LogP contribution in [0.25, 0.3) is 11.4 Å². The smallest absolute Gasteiger partial charge is 0.251 e. The molecule has 2 aromatic carbocycles. The van der Waals surface area contributed by atoms with Crippen LogP contribution in [0.2, 0.25) is 0 Å². The molecule has 1 heterocycles. The number of thioether (sulfide) groups is 1. The average Bonchev–Trinajstić information content (AvgIpc) is 3.17. The molecule has 1 unspecified atom stereocenters. The van der Waals surface area contributed by atoms with Crippen molar-refractivity contribution >= 4 is 29.3 Å². The Morgan fingerprint density at radius 1 is 1.14 bits per heavy atom. The van der Waals surface area contributed by atoms with E-state index in [1.807, 2.05) is 24.5 Å². The van der Waals surface area contributed by atoms with Gasteiger partial charge in [0, 0.05) is 23.9 Å². The molecule has 3 aromatic rings. The van der Waals surface area contributed by atoms with Gasteiger partial charge in [-0.2, -0.15) is 11.8 Å². The number of amides is 2. The lowest BCUT2D eigenvalue weighted by atomic mass is 10.1. The molecule has 0 aliphatic heterocycles. The van der Waals surface area contributed by atoms with Crippen LogP contribution in [-0.4, -0.2) is 50.1 Å². The molecule has 0 spiro atoms. The molecule has 0 saturated carbocycles. The maximum absolute atomic E-state index is 12.9. The van der Waals surface area contributed by atoms with Crippen LogP contribution in [0.15, 0.2) is 54.6 Å². The molecule has 0 fully saturated rings. The SMILES string of the molecule is CSCCC(NC(=O)c1ccccc1)C(=O)Nc1cccc(-c2nnnn2C)c1. The van der Waals surface area contributed by atoms with E-state index in [0.29, 0.717) is 23.5 Å². The van der Waals surface area contributed by atoms with E-state index in [-0.39, 0.29) is 11.8 Å². The van der Waals surface area contributed by atoms with Gasteiger partial charge in [0.2, 0.25) is 5.91 Å². The predicted molar refractivity (Wildman–Crippen MR) is 114 cm³/mol. The molecular weight excluding hydrogens is 388 g/mol. The predicted octanol–water partition coefficient (Wildman–Crippen LogP) is 2.37. The number of rotatable bonds is 8. The fourth-order valence-electron chi connectivity index (χ4n) is 2.78. The highest BCUT2D eigenvalue weighted by Crippen LogP contribution is 2.20. The highest BCUT2D eigenvalue weighted by Gasteiger charge is 2.21. The first-order valence-electron chi connectivity index (χ1n) is 9.07. The molecule has 0 radical (unpaired) electrons. The van der Waals surface area contributed by atoms with Crippen LogP contribution in [0.5, 0.6) is 0 Å². The molecule has 8 nitrogen and oxygen atoms in total. The van der Waals surface area contributed by atoms with Crippen molar-refractivity contribution in [1.29, 1.82) is 0 Å². The van der Waals surface area contributed by atoms with E-state index in [1.165, 1.54) is 0 Å². The Hall–Kier alpha value is -3.20. The number of hydrogen-bond acceptors (Lipinski definition) is 6. The average molecular weight is 411 g/mol. The van der Waals surface area contributed by atoms with Crippen LogP contribution in [0.1, 0.15) is 16.8 Å².